The smallest absolute Gasteiger partial charge is 0.207 e. The largest absolute Gasteiger partial charge is 0.320 e. The third-order valence-corrected chi connectivity index (χ3v) is 2.41. The van der Waals surface area contributed by atoms with Crippen LogP contribution in [0.1, 0.15) is 5.69 Å². The Morgan fingerprint density at radius 2 is 2.64 bits per heavy atom. The van der Waals surface area contributed by atoms with Crippen LogP contribution >= 0.6 is 11.3 Å². The molecule has 0 amide bonds. The van der Waals surface area contributed by atoms with Gasteiger partial charge >= 0.3 is 0 Å². The minimum absolute atomic E-state index is 0.769. The Labute approximate surface area is 69.5 Å². The normalized spacial score (nSPS) is 11.9. The van der Waals surface area contributed by atoms with Gasteiger partial charge < -0.3 is 10.4 Å². The van der Waals surface area contributed by atoms with Crippen molar-refractivity contribution in [3.63, 3.8) is 0 Å². The molecule has 0 saturated heterocycles. The van der Waals surface area contributed by atoms with Gasteiger partial charge in [-0.25, -0.2) is 0 Å². The van der Waals surface area contributed by atoms with E-state index >= 15 is 0 Å². The topological polar surface area (TPSA) is 43.3 Å². The van der Waals surface area contributed by atoms with Crippen LogP contribution in [0.3, 0.4) is 0 Å². The third kappa shape index (κ3) is 1.51. The number of rotatable bonds is 2. The Hall–Kier alpha value is -1.03. The van der Waals surface area contributed by atoms with Crippen molar-refractivity contribution in [1.29, 1.82) is 0 Å². The number of hydrogen-bond acceptors (Lipinski definition) is 3. The maximum atomic E-state index is 5.17. The lowest BCUT2D eigenvalue weighted by Crippen LogP contribution is -2.16. The summed E-state index contributed by atoms with van der Waals surface area (Å²) in [5, 5.41) is 5.67. The molecule has 0 unspecified atom stereocenters. The summed E-state index contributed by atoms with van der Waals surface area (Å²) in [5.74, 6) is 5.17. The first-order valence-electron chi connectivity index (χ1n) is 3.29. The number of hydrogen-bond donors (Lipinski definition) is 1. The van der Waals surface area contributed by atoms with Gasteiger partial charge in [-0.05, 0) is 6.92 Å². The molecule has 0 saturated carbocycles. The molecule has 0 aliphatic rings. The van der Waals surface area contributed by atoms with Gasteiger partial charge in [0.05, 0.1) is 0 Å². The summed E-state index contributed by atoms with van der Waals surface area (Å²) < 4.78 is 2.01. The molecule has 1 heterocycles. The molecule has 11 heavy (non-hydrogen) atoms. The average Bonchev–Trinajstić information content (AvgIpc) is 2.34. The molecular formula is C7H11N3S. The summed E-state index contributed by atoms with van der Waals surface area (Å²) in [6.07, 6.45) is 1.83. The zero-order chi connectivity index (χ0) is 8.27. The molecule has 1 aromatic rings. The maximum absolute atomic E-state index is 5.17. The molecule has 60 valence electrons. The van der Waals surface area contributed by atoms with Crippen LogP contribution < -0.4 is 10.6 Å². The Morgan fingerprint density at radius 1 is 1.91 bits per heavy atom. The third-order valence-electron chi connectivity index (χ3n) is 1.41. The zero-order valence-electron chi connectivity index (χ0n) is 6.45. The molecule has 0 fully saturated rings. The van der Waals surface area contributed by atoms with E-state index in [4.69, 9.17) is 5.84 Å². The first-order chi connectivity index (χ1) is 5.29. The second kappa shape index (κ2) is 3.39. The van der Waals surface area contributed by atoms with Crippen LogP contribution in [0.15, 0.2) is 23.1 Å². The molecule has 0 aliphatic heterocycles. The van der Waals surface area contributed by atoms with Crippen molar-refractivity contribution >= 4 is 11.3 Å². The van der Waals surface area contributed by atoms with E-state index in [2.05, 4.69) is 11.7 Å². The van der Waals surface area contributed by atoms with Crippen molar-refractivity contribution in [1.82, 2.24) is 4.57 Å². The van der Waals surface area contributed by atoms with Crippen LogP contribution in [-0.4, -0.2) is 4.57 Å². The molecule has 0 bridgehead atoms. The number of nitrogens with two attached hydrogens (primary N) is 1. The standard InChI is InChI=1S/C7H11N3S/c1-3-4-10-6(2)5-11-7(10)9-8/h3,5H,1,4,8H2,2H3/b9-7-. The fourth-order valence-electron chi connectivity index (χ4n) is 0.867. The molecule has 0 aliphatic carbocycles. The Bertz CT molecular complexity index is 308. The zero-order valence-corrected chi connectivity index (χ0v) is 7.27. The van der Waals surface area contributed by atoms with Gasteiger partial charge in [-0.3, -0.25) is 0 Å². The van der Waals surface area contributed by atoms with Crippen LogP contribution in [0.25, 0.3) is 0 Å². The summed E-state index contributed by atoms with van der Waals surface area (Å²) in [7, 11) is 0. The second-order valence-corrected chi connectivity index (χ2v) is 3.02. The van der Waals surface area contributed by atoms with E-state index in [0.29, 0.717) is 0 Å². The van der Waals surface area contributed by atoms with Gasteiger partial charge in [0.2, 0.25) is 4.80 Å². The predicted octanol–water partition coefficient (Wildman–Crippen LogP) is 0.818. The van der Waals surface area contributed by atoms with E-state index in [9.17, 15) is 0 Å². The highest BCUT2D eigenvalue weighted by Gasteiger charge is 1.96. The van der Waals surface area contributed by atoms with Gasteiger partial charge in [0.1, 0.15) is 0 Å². The Morgan fingerprint density at radius 3 is 3.18 bits per heavy atom. The fourth-order valence-corrected chi connectivity index (χ4v) is 1.68. The van der Waals surface area contributed by atoms with Crippen LogP contribution in [-0.2, 0) is 6.54 Å². The summed E-state index contributed by atoms with van der Waals surface area (Å²) in [5.41, 5.74) is 1.17. The lowest BCUT2D eigenvalue weighted by molar-refractivity contribution is 0.751. The van der Waals surface area contributed by atoms with Gasteiger partial charge in [0, 0.05) is 17.6 Å². The van der Waals surface area contributed by atoms with Gasteiger partial charge in [0.15, 0.2) is 0 Å². The lowest BCUT2D eigenvalue weighted by Gasteiger charge is -1.98. The van der Waals surface area contributed by atoms with Crippen molar-refractivity contribution in [2.45, 2.75) is 13.5 Å². The van der Waals surface area contributed by atoms with Crippen LogP contribution in [0, 0.1) is 6.92 Å². The quantitative estimate of drug-likeness (QED) is 0.397. The van der Waals surface area contributed by atoms with Crippen molar-refractivity contribution in [2.75, 3.05) is 0 Å². The summed E-state index contributed by atoms with van der Waals surface area (Å²) >= 11 is 1.54. The number of nitrogens with zero attached hydrogens (tertiary/aromatic N) is 2. The summed E-state index contributed by atoms with van der Waals surface area (Å²) in [4.78, 5) is 0.836. The monoisotopic (exact) mass is 169 g/mol. The number of aromatic nitrogens is 1. The summed E-state index contributed by atoms with van der Waals surface area (Å²) in [6.45, 7) is 6.45. The van der Waals surface area contributed by atoms with Gasteiger partial charge in [-0.1, -0.05) is 6.08 Å². The molecule has 4 heteroatoms. The van der Waals surface area contributed by atoms with Crippen molar-refractivity contribution in [3.05, 3.63) is 28.5 Å². The second-order valence-electron chi connectivity index (χ2n) is 2.19. The van der Waals surface area contributed by atoms with Gasteiger partial charge in [-0.2, -0.15) is 5.10 Å². The molecule has 0 aromatic carbocycles. The van der Waals surface area contributed by atoms with E-state index < -0.39 is 0 Å². The van der Waals surface area contributed by atoms with Crippen molar-refractivity contribution in [3.8, 4) is 0 Å². The predicted molar refractivity (Wildman–Crippen MR) is 47.0 cm³/mol. The molecule has 1 aromatic heterocycles. The highest BCUT2D eigenvalue weighted by molar-refractivity contribution is 7.07. The van der Waals surface area contributed by atoms with E-state index in [1.807, 2.05) is 22.9 Å². The van der Waals surface area contributed by atoms with Crippen LogP contribution in [0.5, 0.6) is 0 Å². The Balaban J connectivity index is 3.18. The highest BCUT2D eigenvalue weighted by Crippen LogP contribution is 1.98. The number of aryl methyl sites for hydroxylation is 1. The fraction of sp³-hybridized carbons (Fsp3) is 0.286. The number of thiazole rings is 1. The minimum atomic E-state index is 0.769. The molecule has 0 atom stereocenters. The maximum Gasteiger partial charge on any atom is 0.207 e. The lowest BCUT2D eigenvalue weighted by atomic mass is 10.5. The van der Waals surface area contributed by atoms with Gasteiger partial charge in [-0.15, -0.1) is 17.9 Å². The number of allylic oxidation sites excluding steroid dienone is 1. The minimum Gasteiger partial charge on any atom is -0.320 e. The van der Waals surface area contributed by atoms with E-state index in [0.717, 1.165) is 11.3 Å². The summed E-state index contributed by atoms with van der Waals surface area (Å²) in [6, 6.07) is 0. The van der Waals surface area contributed by atoms with Crippen molar-refractivity contribution in [2.24, 2.45) is 10.9 Å². The molecule has 2 N–H and O–H groups in total. The van der Waals surface area contributed by atoms with E-state index in [1.54, 1.807) is 0 Å². The molecule has 3 nitrogen and oxygen atoms in total. The molecule has 0 radical (unpaired) electrons. The van der Waals surface area contributed by atoms with E-state index in [-0.39, 0.29) is 0 Å². The first kappa shape index (κ1) is 8.07. The SMILES string of the molecule is C=CCn1c(C)cs/c1=N\N. The first-order valence-corrected chi connectivity index (χ1v) is 4.17. The highest BCUT2D eigenvalue weighted by atomic mass is 32.1. The van der Waals surface area contributed by atoms with Crippen LogP contribution in [0.2, 0.25) is 0 Å². The molecular weight excluding hydrogens is 158 g/mol. The van der Waals surface area contributed by atoms with Crippen molar-refractivity contribution < 1.29 is 0 Å². The van der Waals surface area contributed by atoms with Gasteiger partial charge in [0.25, 0.3) is 0 Å². The molecule has 0 spiro atoms. The van der Waals surface area contributed by atoms with E-state index in [1.165, 1.54) is 17.0 Å². The average molecular weight is 169 g/mol. The Kier molecular flexibility index (Phi) is 2.48. The molecule has 1 rings (SSSR count). The van der Waals surface area contributed by atoms with Crippen LogP contribution in [0.4, 0.5) is 0 Å².